The second kappa shape index (κ2) is 21.4. The molecule has 14 rings (SSSR count). The van der Waals surface area contributed by atoms with Crippen molar-refractivity contribution in [3.05, 3.63) is 337 Å². The highest BCUT2D eigenvalue weighted by Gasteiger charge is 2.49. The van der Waals surface area contributed by atoms with Gasteiger partial charge in [-0.05, 0) is 183 Å². The second-order valence-corrected chi connectivity index (χ2v) is 21.3. The van der Waals surface area contributed by atoms with Crippen LogP contribution in [0.25, 0.3) is 65.3 Å². The van der Waals surface area contributed by atoms with Crippen LogP contribution >= 0.6 is 0 Å². The Bertz CT molecular complexity index is 4860. The highest BCUT2D eigenvalue weighted by Crippen LogP contribution is 2.61. The van der Waals surface area contributed by atoms with Gasteiger partial charge in [-0.15, -0.1) is 0 Å². The molecule has 8 heteroatoms. The van der Waals surface area contributed by atoms with Crippen molar-refractivity contribution in [2.75, 3.05) is 0 Å². The molecule has 0 fully saturated rings. The zero-order valence-corrected chi connectivity index (χ0v) is 46.2. The molecule has 0 spiro atoms. The Morgan fingerprint density at radius 3 is 1.14 bits per heavy atom. The van der Waals surface area contributed by atoms with Gasteiger partial charge in [-0.2, -0.15) is 0 Å². The number of hydrogen-bond acceptors (Lipinski definition) is 8. The van der Waals surface area contributed by atoms with E-state index >= 15 is 0 Å². The van der Waals surface area contributed by atoms with Crippen LogP contribution in [0, 0.1) is 0 Å². The molecule has 2 unspecified atom stereocenters. The van der Waals surface area contributed by atoms with Crippen LogP contribution in [0.15, 0.2) is 292 Å². The fourth-order valence-corrected chi connectivity index (χ4v) is 13.1. The van der Waals surface area contributed by atoms with Gasteiger partial charge in [0.2, 0.25) is 0 Å². The molecule has 86 heavy (non-hydrogen) atoms. The first-order chi connectivity index (χ1) is 42.1. The van der Waals surface area contributed by atoms with Crippen molar-refractivity contribution in [1.29, 1.82) is 0 Å². The minimum atomic E-state index is -0.860. The van der Waals surface area contributed by atoms with Crippen LogP contribution in [0.3, 0.4) is 0 Å². The van der Waals surface area contributed by atoms with E-state index in [1.165, 1.54) is 24.3 Å². The van der Waals surface area contributed by atoms with E-state index in [4.69, 9.17) is 18.9 Å². The minimum absolute atomic E-state index is 0.325. The zero-order chi connectivity index (χ0) is 58.5. The predicted molar refractivity (Wildman–Crippen MR) is 339 cm³/mol. The number of ether oxygens (including phenoxy) is 4. The first kappa shape index (κ1) is 52.6. The summed E-state index contributed by atoms with van der Waals surface area (Å²) < 4.78 is 22.8. The molecule has 0 aromatic heterocycles. The molecule has 0 bridgehead atoms. The monoisotopic (exact) mass is 1110 g/mol. The van der Waals surface area contributed by atoms with Crippen LogP contribution in [-0.4, -0.2) is 23.9 Å². The van der Waals surface area contributed by atoms with Crippen molar-refractivity contribution < 1.29 is 38.1 Å². The number of allylic oxidation sites excluding steroid dienone is 2. The first-order valence-corrected chi connectivity index (χ1v) is 28.1. The van der Waals surface area contributed by atoms with Crippen molar-refractivity contribution in [1.82, 2.24) is 0 Å². The third-order valence-corrected chi connectivity index (χ3v) is 16.7. The number of carbonyl (C=O) groups is 4. The van der Waals surface area contributed by atoms with Crippen LogP contribution < -0.4 is 18.9 Å². The average molecular weight is 1120 g/mol. The molecule has 12 aromatic carbocycles. The maximum Gasteiger partial charge on any atom is 0.336 e. The molecule has 0 heterocycles. The average Bonchev–Trinajstić information content (AvgIpc) is 1.56. The molecule has 410 valence electrons. The molecule has 0 saturated carbocycles. The van der Waals surface area contributed by atoms with Gasteiger partial charge >= 0.3 is 23.9 Å². The molecule has 2 aliphatic carbocycles. The maximum atomic E-state index is 13.4. The fourth-order valence-electron chi connectivity index (χ4n) is 13.1. The fraction of sp³-hybridized carbons (Fsp3) is 0.0256. The van der Waals surface area contributed by atoms with Crippen LogP contribution in [0.1, 0.15) is 44.5 Å². The van der Waals surface area contributed by atoms with Crippen molar-refractivity contribution in [2.45, 2.75) is 10.8 Å². The summed E-state index contributed by atoms with van der Waals surface area (Å²) in [5.41, 5.74) is 10.9. The van der Waals surface area contributed by atoms with E-state index < -0.39 is 34.7 Å². The highest BCUT2D eigenvalue weighted by molar-refractivity contribution is 6.07. The smallest absolute Gasteiger partial charge is 0.336 e. The van der Waals surface area contributed by atoms with Gasteiger partial charge in [-0.25, -0.2) is 19.2 Å². The van der Waals surface area contributed by atoms with Gasteiger partial charge in [0, 0.05) is 24.3 Å². The molecule has 0 radical (unpaired) electrons. The Kier molecular flexibility index (Phi) is 13.1. The quantitative estimate of drug-likeness (QED) is 0.0487. The van der Waals surface area contributed by atoms with Gasteiger partial charge in [0.25, 0.3) is 0 Å². The maximum absolute atomic E-state index is 13.4. The van der Waals surface area contributed by atoms with Gasteiger partial charge in [-0.1, -0.05) is 195 Å². The summed E-state index contributed by atoms with van der Waals surface area (Å²) in [6.45, 7) is 7.12. The van der Waals surface area contributed by atoms with Crippen molar-refractivity contribution in [3.8, 4) is 45.3 Å². The summed E-state index contributed by atoms with van der Waals surface area (Å²) in [6, 6.07) is 81.6. The number of carbonyl (C=O) groups excluding carboxylic acids is 4. The molecule has 0 N–H and O–H groups in total. The summed E-state index contributed by atoms with van der Waals surface area (Å²) >= 11 is 0. The molecular weight excluding hydrogens is 1060 g/mol. The van der Waals surface area contributed by atoms with Crippen LogP contribution in [0.5, 0.6) is 23.0 Å². The molecule has 2 aliphatic rings. The van der Waals surface area contributed by atoms with Gasteiger partial charge in [0.15, 0.2) is 0 Å². The Hall–Kier alpha value is -11.5. The number of hydrogen-bond donors (Lipinski definition) is 0. The molecule has 0 aliphatic heterocycles. The van der Waals surface area contributed by atoms with E-state index in [2.05, 4.69) is 128 Å². The first-order valence-electron chi connectivity index (χ1n) is 28.1. The van der Waals surface area contributed by atoms with E-state index in [0.29, 0.717) is 23.0 Å². The van der Waals surface area contributed by atoms with Crippen molar-refractivity contribution >= 4 is 67.0 Å². The van der Waals surface area contributed by atoms with Gasteiger partial charge in [0.1, 0.15) is 23.0 Å². The van der Waals surface area contributed by atoms with E-state index in [1.807, 2.05) is 78.9 Å². The number of rotatable bonds is 13. The Morgan fingerprint density at radius 2 is 0.674 bits per heavy atom. The van der Waals surface area contributed by atoms with E-state index in [-0.39, 0.29) is 0 Å². The Balaban J connectivity index is 0.736. The summed E-state index contributed by atoms with van der Waals surface area (Å²) in [5.74, 6) is -0.946. The van der Waals surface area contributed by atoms with Crippen LogP contribution in [0.4, 0.5) is 0 Å². The van der Waals surface area contributed by atoms with Gasteiger partial charge in [0.05, 0.1) is 10.8 Å². The Labute approximate surface area is 495 Å². The zero-order valence-electron chi connectivity index (χ0n) is 46.2. The van der Waals surface area contributed by atoms with Gasteiger partial charge < -0.3 is 18.9 Å². The van der Waals surface area contributed by atoms with E-state index in [0.717, 1.165) is 122 Å². The molecule has 2 atom stereocenters. The van der Waals surface area contributed by atoms with Crippen molar-refractivity contribution in [2.24, 2.45) is 0 Å². The standard InChI is InChI=1S/C78H50O8/c1-3-71(79)83-59-35-27-55(28-36-59)77(68-44-26-49-15-9-11-21-63(49)75(68)67-46-52-18-6-8-20-54(52)48-70(67)77)56-29-37-61(38-30-56)85-73(81)23-13-14-24-74(82)86-62-41-33-58(34-42-62)78(57-31-39-60(40-32-57)84-72(80)4-2)69-47-53-19-7-5-17-51(53)45-66(69)65-43-25-50-16-10-12-22-64(50)76(65)78/h3-48H,1-2H2/b23-13+,24-14+. The highest BCUT2D eigenvalue weighted by atomic mass is 16.5. The lowest BCUT2D eigenvalue weighted by atomic mass is 9.66. The summed E-state index contributed by atoms with van der Waals surface area (Å²) in [5, 5.41) is 8.83. The largest absolute Gasteiger partial charge is 0.423 e. The summed E-state index contributed by atoms with van der Waals surface area (Å²) in [6.07, 6.45) is 7.63. The normalized spacial score (nSPS) is 15.5. The Morgan fingerprint density at radius 1 is 0.314 bits per heavy atom. The topological polar surface area (TPSA) is 105 Å². The molecular formula is C78H50O8. The van der Waals surface area contributed by atoms with E-state index in [1.54, 1.807) is 48.5 Å². The molecule has 8 nitrogen and oxygen atoms in total. The lowest BCUT2D eigenvalue weighted by Gasteiger charge is -2.35. The SMILES string of the molecule is C=CC(=O)Oc1ccc(C2(c3ccc(OC(=O)/C=C/C=C/C(=O)Oc4ccc(C5(c6ccc(OC(=O)C=C)cc6)c6cc7ccccc7cc6-c6ccc7ccccc7c65)cc4)cc3)c3cc4ccccc4cc3-c3c2ccc2ccccc32)cc1. The van der Waals surface area contributed by atoms with E-state index in [9.17, 15) is 19.2 Å². The number of benzene rings is 12. The summed E-state index contributed by atoms with van der Waals surface area (Å²) in [7, 11) is 0. The molecule has 12 aromatic rings. The van der Waals surface area contributed by atoms with Crippen LogP contribution in [0.2, 0.25) is 0 Å². The molecule has 0 saturated heterocycles. The third kappa shape index (κ3) is 8.78. The summed E-state index contributed by atoms with van der Waals surface area (Å²) in [4.78, 5) is 51.3. The van der Waals surface area contributed by atoms with Crippen molar-refractivity contribution in [3.63, 3.8) is 0 Å². The molecule has 0 amide bonds. The van der Waals surface area contributed by atoms with Crippen LogP contribution in [-0.2, 0) is 30.0 Å². The minimum Gasteiger partial charge on any atom is -0.423 e. The third-order valence-electron chi connectivity index (χ3n) is 16.7. The lowest BCUT2D eigenvalue weighted by molar-refractivity contribution is -0.130. The van der Waals surface area contributed by atoms with Gasteiger partial charge in [-0.3, -0.25) is 0 Å². The number of esters is 4. The predicted octanol–water partition coefficient (Wildman–Crippen LogP) is 16.8. The lowest BCUT2D eigenvalue weighted by Crippen LogP contribution is -2.29. The second-order valence-electron chi connectivity index (χ2n) is 21.3. The number of fused-ring (bicyclic) bond motifs is 12.